The highest BCUT2D eigenvalue weighted by Crippen LogP contribution is 2.08. The third kappa shape index (κ3) is 1.77. The molecular formula is C9H4O5-2. The van der Waals surface area contributed by atoms with Gasteiger partial charge in [0.25, 0.3) is 0 Å². The van der Waals surface area contributed by atoms with E-state index < -0.39 is 28.8 Å². The SMILES string of the molecule is O=C([O-])C(=O)c1ccccc1C(=O)[O-]. The second-order valence-corrected chi connectivity index (χ2v) is 2.45. The molecule has 0 spiro atoms. The maximum absolute atomic E-state index is 10.9. The quantitative estimate of drug-likeness (QED) is 0.406. The summed E-state index contributed by atoms with van der Waals surface area (Å²) < 4.78 is 0. The molecule has 1 aromatic rings. The molecule has 1 rings (SSSR count). The van der Waals surface area contributed by atoms with Gasteiger partial charge in [-0.25, -0.2) is 0 Å². The molecule has 0 N–H and O–H groups in total. The highest BCUT2D eigenvalue weighted by molar-refractivity contribution is 6.40. The summed E-state index contributed by atoms with van der Waals surface area (Å²) in [6.07, 6.45) is 0. The lowest BCUT2D eigenvalue weighted by molar-refractivity contribution is -0.296. The Morgan fingerprint density at radius 2 is 1.43 bits per heavy atom. The fraction of sp³-hybridized carbons (Fsp3) is 0. The minimum Gasteiger partial charge on any atom is -0.545 e. The minimum absolute atomic E-state index is 0.437. The van der Waals surface area contributed by atoms with Crippen molar-refractivity contribution in [3.63, 3.8) is 0 Å². The molecule has 0 atom stereocenters. The van der Waals surface area contributed by atoms with E-state index in [-0.39, 0.29) is 0 Å². The maximum atomic E-state index is 10.9. The normalized spacial score (nSPS) is 9.43. The second-order valence-electron chi connectivity index (χ2n) is 2.45. The first-order valence-electron chi connectivity index (χ1n) is 3.60. The number of Topliss-reactive ketones (excluding diaryl/α,β-unsaturated/α-hetero) is 1. The lowest BCUT2D eigenvalue weighted by Gasteiger charge is -2.08. The van der Waals surface area contributed by atoms with Crippen LogP contribution in [-0.4, -0.2) is 17.7 Å². The summed E-state index contributed by atoms with van der Waals surface area (Å²) >= 11 is 0. The number of carbonyl (C=O) groups excluding carboxylic acids is 3. The molecule has 0 aromatic heterocycles. The van der Waals surface area contributed by atoms with E-state index in [1.807, 2.05) is 0 Å². The van der Waals surface area contributed by atoms with Gasteiger partial charge in [0.2, 0.25) is 5.78 Å². The van der Waals surface area contributed by atoms with Gasteiger partial charge in [-0.2, -0.15) is 0 Å². The van der Waals surface area contributed by atoms with E-state index in [1.165, 1.54) is 12.1 Å². The number of benzene rings is 1. The first-order chi connectivity index (χ1) is 6.54. The van der Waals surface area contributed by atoms with Gasteiger partial charge in [-0.05, 0) is 0 Å². The van der Waals surface area contributed by atoms with E-state index in [1.54, 1.807) is 0 Å². The van der Waals surface area contributed by atoms with E-state index in [9.17, 15) is 24.6 Å². The van der Waals surface area contributed by atoms with Crippen LogP contribution in [0.15, 0.2) is 24.3 Å². The first-order valence-corrected chi connectivity index (χ1v) is 3.60. The van der Waals surface area contributed by atoms with Crippen LogP contribution in [0.3, 0.4) is 0 Å². The van der Waals surface area contributed by atoms with Crippen LogP contribution in [0, 0.1) is 0 Å². The summed E-state index contributed by atoms with van der Waals surface area (Å²) in [5, 5.41) is 20.7. The lowest BCUT2D eigenvalue weighted by atomic mass is 10.0. The number of carboxylic acid groups (broad SMARTS) is 2. The molecule has 0 bridgehead atoms. The molecule has 0 saturated carbocycles. The molecule has 5 nitrogen and oxygen atoms in total. The van der Waals surface area contributed by atoms with Crippen molar-refractivity contribution in [2.24, 2.45) is 0 Å². The van der Waals surface area contributed by atoms with Crippen LogP contribution in [-0.2, 0) is 4.79 Å². The Morgan fingerprint density at radius 1 is 0.929 bits per heavy atom. The zero-order valence-electron chi connectivity index (χ0n) is 6.85. The average Bonchev–Trinajstić information content (AvgIpc) is 2.16. The molecule has 5 heteroatoms. The fourth-order valence-electron chi connectivity index (χ4n) is 0.969. The Kier molecular flexibility index (Phi) is 2.62. The summed E-state index contributed by atoms with van der Waals surface area (Å²) in [5.41, 5.74) is -0.894. The Hall–Kier alpha value is -2.17. The molecule has 0 heterocycles. The number of carboxylic acids is 2. The Bertz CT molecular complexity index is 407. The molecule has 0 radical (unpaired) electrons. The van der Waals surface area contributed by atoms with Crippen molar-refractivity contribution in [1.82, 2.24) is 0 Å². The van der Waals surface area contributed by atoms with Gasteiger partial charge >= 0.3 is 0 Å². The maximum Gasteiger partial charge on any atom is 0.209 e. The van der Waals surface area contributed by atoms with Crippen LogP contribution >= 0.6 is 0 Å². The van der Waals surface area contributed by atoms with Gasteiger partial charge in [-0.1, -0.05) is 24.3 Å². The van der Waals surface area contributed by atoms with Crippen LogP contribution in [0.25, 0.3) is 0 Å². The number of rotatable bonds is 3. The smallest absolute Gasteiger partial charge is 0.209 e. The molecule has 0 aliphatic rings. The molecule has 0 aliphatic carbocycles. The van der Waals surface area contributed by atoms with Crippen LogP contribution < -0.4 is 10.2 Å². The topological polar surface area (TPSA) is 97.3 Å². The average molecular weight is 192 g/mol. The summed E-state index contributed by atoms with van der Waals surface area (Å²) in [6, 6.07) is 4.88. The Morgan fingerprint density at radius 3 is 1.86 bits per heavy atom. The molecule has 0 aliphatic heterocycles. The van der Waals surface area contributed by atoms with E-state index in [4.69, 9.17) is 0 Å². The van der Waals surface area contributed by atoms with Gasteiger partial charge in [0.1, 0.15) is 5.97 Å². The van der Waals surface area contributed by atoms with E-state index in [0.717, 1.165) is 12.1 Å². The van der Waals surface area contributed by atoms with Crippen molar-refractivity contribution in [3.8, 4) is 0 Å². The summed E-state index contributed by atoms with van der Waals surface area (Å²) in [7, 11) is 0. The standard InChI is InChI=1S/C9H6O5/c10-7(9(13)14)5-3-1-2-4-6(5)8(11)12/h1-4H,(H,11,12)(H,13,14)/p-2. The van der Waals surface area contributed by atoms with Crippen molar-refractivity contribution in [3.05, 3.63) is 35.4 Å². The first kappa shape index (κ1) is 9.91. The van der Waals surface area contributed by atoms with Crippen molar-refractivity contribution < 1.29 is 24.6 Å². The van der Waals surface area contributed by atoms with E-state index in [0.29, 0.717) is 0 Å². The summed E-state index contributed by atoms with van der Waals surface area (Å²) in [6.45, 7) is 0. The summed E-state index contributed by atoms with van der Waals surface area (Å²) in [4.78, 5) is 31.6. The number of carbonyl (C=O) groups is 3. The van der Waals surface area contributed by atoms with Gasteiger partial charge in [0, 0.05) is 11.1 Å². The third-order valence-electron chi connectivity index (χ3n) is 1.58. The number of aliphatic carboxylic acids is 1. The van der Waals surface area contributed by atoms with E-state index in [2.05, 4.69) is 0 Å². The van der Waals surface area contributed by atoms with Crippen molar-refractivity contribution in [1.29, 1.82) is 0 Å². The zero-order chi connectivity index (χ0) is 10.7. The minimum atomic E-state index is -1.95. The van der Waals surface area contributed by atoms with Crippen molar-refractivity contribution in [2.45, 2.75) is 0 Å². The lowest BCUT2D eigenvalue weighted by Crippen LogP contribution is -2.34. The largest absolute Gasteiger partial charge is 0.545 e. The van der Waals surface area contributed by atoms with Crippen LogP contribution in [0.5, 0.6) is 0 Å². The van der Waals surface area contributed by atoms with Crippen molar-refractivity contribution >= 4 is 17.7 Å². The third-order valence-corrected chi connectivity index (χ3v) is 1.58. The molecule has 0 amide bonds. The number of hydrogen-bond donors (Lipinski definition) is 0. The fourth-order valence-corrected chi connectivity index (χ4v) is 0.969. The van der Waals surface area contributed by atoms with Crippen molar-refractivity contribution in [2.75, 3.05) is 0 Å². The number of hydrogen-bond acceptors (Lipinski definition) is 5. The molecule has 0 unspecified atom stereocenters. The van der Waals surface area contributed by atoms with Crippen LogP contribution in [0.4, 0.5) is 0 Å². The Balaban J connectivity index is 3.27. The molecule has 72 valence electrons. The van der Waals surface area contributed by atoms with Gasteiger partial charge in [0.05, 0.1) is 5.97 Å². The second kappa shape index (κ2) is 3.69. The van der Waals surface area contributed by atoms with Gasteiger partial charge in [-0.15, -0.1) is 0 Å². The molecule has 0 fully saturated rings. The molecule has 0 saturated heterocycles. The predicted molar refractivity (Wildman–Crippen MR) is 40.1 cm³/mol. The van der Waals surface area contributed by atoms with Gasteiger partial charge in [-0.3, -0.25) is 4.79 Å². The zero-order valence-corrected chi connectivity index (χ0v) is 6.85. The number of aromatic carboxylic acids is 1. The molecular weight excluding hydrogens is 188 g/mol. The molecule has 1 aromatic carbocycles. The monoisotopic (exact) mass is 192 g/mol. The predicted octanol–water partition coefficient (Wildman–Crippen LogP) is -2.02. The van der Waals surface area contributed by atoms with Gasteiger partial charge < -0.3 is 19.8 Å². The Labute approximate surface area is 78.6 Å². The molecule has 14 heavy (non-hydrogen) atoms. The van der Waals surface area contributed by atoms with Crippen LogP contribution in [0.1, 0.15) is 20.7 Å². The van der Waals surface area contributed by atoms with Gasteiger partial charge in [0.15, 0.2) is 0 Å². The number of ketones is 1. The van der Waals surface area contributed by atoms with Crippen LogP contribution in [0.2, 0.25) is 0 Å². The highest BCUT2D eigenvalue weighted by Gasteiger charge is 2.11. The highest BCUT2D eigenvalue weighted by atomic mass is 16.4. The van der Waals surface area contributed by atoms with E-state index >= 15 is 0 Å². The summed E-state index contributed by atoms with van der Waals surface area (Å²) in [5.74, 6) is -4.92.